The zero-order valence-electron chi connectivity index (χ0n) is 9.33. The van der Waals surface area contributed by atoms with Crippen molar-refractivity contribution in [1.82, 2.24) is 24.6 Å². The number of aromatic nitrogens is 3. The standard InChI is InChI=1S/C11H13N5O/c17-10(15-6-3-12-4-7-15)9-8-16-5-1-2-13-11(16)14-9/h1-2,5,8,12H,3-4,6-7H2. The molecule has 0 aromatic carbocycles. The zero-order valence-corrected chi connectivity index (χ0v) is 9.33. The number of imidazole rings is 1. The average Bonchev–Trinajstić information content (AvgIpc) is 2.82. The highest BCUT2D eigenvalue weighted by molar-refractivity contribution is 5.92. The summed E-state index contributed by atoms with van der Waals surface area (Å²) in [5, 5.41) is 3.22. The summed E-state index contributed by atoms with van der Waals surface area (Å²) in [4.78, 5) is 22.3. The molecular weight excluding hydrogens is 218 g/mol. The maximum atomic E-state index is 12.2. The first-order valence-electron chi connectivity index (χ1n) is 5.64. The van der Waals surface area contributed by atoms with Gasteiger partial charge in [0.15, 0.2) is 0 Å². The van der Waals surface area contributed by atoms with Gasteiger partial charge in [0.1, 0.15) is 5.69 Å². The molecule has 3 heterocycles. The molecule has 1 saturated heterocycles. The Morgan fingerprint density at radius 1 is 1.35 bits per heavy atom. The van der Waals surface area contributed by atoms with E-state index in [1.807, 2.05) is 17.2 Å². The molecule has 3 rings (SSSR count). The third-order valence-electron chi connectivity index (χ3n) is 2.86. The first-order chi connectivity index (χ1) is 8.34. The Labute approximate surface area is 98.3 Å². The predicted octanol–water partition coefficient (Wildman–Crippen LogP) is -0.225. The second-order valence-electron chi connectivity index (χ2n) is 4.00. The van der Waals surface area contributed by atoms with Gasteiger partial charge in [-0.1, -0.05) is 0 Å². The predicted molar refractivity (Wildman–Crippen MR) is 61.8 cm³/mol. The Balaban J connectivity index is 1.89. The third kappa shape index (κ3) is 1.87. The molecule has 0 aliphatic carbocycles. The third-order valence-corrected chi connectivity index (χ3v) is 2.86. The van der Waals surface area contributed by atoms with E-state index in [1.54, 1.807) is 16.8 Å². The summed E-state index contributed by atoms with van der Waals surface area (Å²) in [7, 11) is 0. The molecule has 0 atom stereocenters. The minimum Gasteiger partial charge on any atom is -0.335 e. The van der Waals surface area contributed by atoms with Crippen LogP contribution in [0.3, 0.4) is 0 Å². The molecule has 1 aliphatic heterocycles. The van der Waals surface area contributed by atoms with Crippen molar-refractivity contribution in [2.45, 2.75) is 0 Å². The monoisotopic (exact) mass is 231 g/mol. The Kier molecular flexibility index (Phi) is 2.49. The van der Waals surface area contributed by atoms with Crippen LogP contribution in [0.4, 0.5) is 0 Å². The van der Waals surface area contributed by atoms with E-state index < -0.39 is 0 Å². The van der Waals surface area contributed by atoms with Crippen LogP contribution in [0.15, 0.2) is 24.7 Å². The summed E-state index contributed by atoms with van der Waals surface area (Å²) in [6.07, 6.45) is 5.23. The number of fused-ring (bicyclic) bond motifs is 1. The fourth-order valence-electron chi connectivity index (χ4n) is 1.96. The molecule has 1 fully saturated rings. The second kappa shape index (κ2) is 4.14. The van der Waals surface area contributed by atoms with E-state index in [9.17, 15) is 4.79 Å². The van der Waals surface area contributed by atoms with E-state index in [-0.39, 0.29) is 5.91 Å². The van der Waals surface area contributed by atoms with Crippen LogP contribution in [0, 0.1) is 0 Å². The molecule has 1 amide bonds. The van der Waals surface area contributed by atoms with Crippen molar-refractivity contribution < 1.29 is 4.79 Å². The summed E-state index contributed by atoms with van der Waals surface area (Å²) >= 11 is 0. The van der Waals surface area contributed by atoms with Crippen molar-refractivity contribution >= 4 is 11.7 Å². The number of hydrogen-bond acceptors (Lipinski definition) is 4. The topological polar surface area (TPSA) is 62.5 Å². The average molecular weight is 231 g/mol. The number of nitrogens with zero attached hydrogens (tertiary/aromatic N) is 4. The fraction of sp³-hybridized carbons (Fsp3) is 0.364. The number of piperazine rings is 1. The largest absolute Gasteiger partial charge is 0.335 e. The van der Waals surface area contributed by atoms with Gasteiger partial charge in [-0.2, -0.15) is 0 Å². The van der Waals surface area contributed by atoms with Crippen LogP contribution in [0.5, 0.6) is 0 Å². The number of carbonyl (C=O) groups excluding carboxylic acids is 1. The van der Waals surface area contributed by atoms with Crippen LogP contribution in [0.2, 0.25) is 0 Å². The Bertz CT molecular complexity index is 511. The van der Waals surface area contributed by atoms with Gasteiger partial charge >= 0.3 is 0 Å². The van der Waals surface area contributed by atoms with Gasteiger partial charge < -0.3 is 10.2 Å². The molecule has 0 bridgehead atoms. The number of nitrogens with one attached hydrogen (secondary N) is 1. The van der Waals surface area contributed by atoms with Gasteiger partial charge in [-0.3, -0.25) is 9.20 Å². The number of carbonyl (C=O) groups is 1. The molecular formula is C11H13N5O. The van der Waals surface area contributed by atoms with E-state index in [0.717, 1.165) is 26.2 Å². The quantitative estimate of drug-likeness (QED) is 0.736. The summed E-state index contributed by atoms with van der Waals surface area (Å²) < 4.78 is 1.76. The Morgan fingerprint density at radius 2 is 2.18 bits per heavy atom. The smallest absolute Gasteiger partial charge is 0.274 e. The van der Waals surface area contributed by atoms with E-state index in [0.29, 0.717) is 11.5 Å². The lowest BCUT2D eigenvalue weighted by Crippen LogP contribution is -2.46. The highest BCUT2D eigenvalue weighted by atomic mass is 16.2. The van der Waals surface area contributed by atoms with E-state index >= 15 is 0 Å². The minimum atomic E-state index is -0.0167. The molecule has 17 heavy (non-hydrogen) atoms. The first kappa shape index (κ1) is 10.2. The van der Waals surface area contributed by atoms with Crippen LogP contribution in [0.1, 0.15) is 10.5 Å². The zero-order chi connectivity index (χ0) is 11.7. The first-order valence-corrected chi connectivity index (χ1v) is 5.64. The second-order valence-corrected chi connectivity index (χ2v) is 4.00. The van der Waals surface area contributed by atoms with Gasteiger partial charge in [0, 0.05) is 44.8 Å². The van der Waals surface area contributed by atoms with Crippen molar-refractivity contribution in [1.29, 1.82) is 0 Å². The summed E-state index contributed by atoms with van der Waals surface area (Å²) in [5.41, 5.74) is 0.464. The van der Waals surface area contributed by atoms with Gasteiger partial charge in [-0.05, 0) is 6.07 Å². The Morgan fingerprint density at radius 3 is 2.94 bits per heavy atom. The molecule has 2 aromatic rings. The molecule has 0 spiro atoms. The summed E-state index contributed by atoms with van der Waals surface area (Å²) in [6, 6.07) is 1.81. The van der Waals surface area contributed by atoms with Crippen LogP contribution < -0.4 is 5.32 Å². The lowest BCUT2D eigenvalue weighted by atomic mass is 10.3. The molecule has 0 saturated carbocycles. The molecule has 1 aliphatic rings. The number of rotatable bonds is 1. The van der Waals surface area contributed by atoms with Crippen molar-refractivity contribution in [3.05, 3.63) is 30.4 Å². The summed E-state index contributed by atoms with van der Waals surface area (Å²) in [6.45, 7) is 3.16. The number of hydrogen-bond donors (Lipinski definition) is 1. The SMILES string of the molecule is O=C(c1cn2cccnc2n1)N1CCNCC1. The van der Waals surface area contributed by atoms with Crippen molar-refractivity contribution in [2.75, 3.05) is 26.2 Å². The van der Waals surface area contributed by atoms with E-state index in [2.05, 4.69) is 15.3 Å². The highest BCUT2D eigenvalue weighted by Gasteiger charge is 2.20. The van der Waals surface area contributed by atoms with Crippen LogP contribution >= 0.6 is 0 Å². The van der Waals surface area contributed by atoms with Crippen molar-refractivity contribution in [3.8, 4) is 0 Å². The molecule has 0 radical (unpaired) electrons. The molecule has 1 N–H and O–H groups in total. The number of amides is 1. The van der Waals surface area contributed by atoms with Crippen molar-refractivity contribution in [2.24, 2.45) is 0 Å². The van der Waals surface area contributed by atoms with Gasteiger partial charge in [-0.25, -0.2) is 9.97 Å². The van der Waals surface area contributed by atoms with Gasteiger partial charge in [0.05, 0.1) is 0 Å². The van der Waals surface area contributed by atoms with E-state index in [4.69, 9.17) is 0 Å². The van der Waals surface area contributed by atoms with Crippen molar-refractivity contribution in [3.63, 3.8) is 0 Å². The normalized spacial score (nSPS) is 16.4. The van der Waals surface area contributed by atoms with Crippen LogP contribution in [-0.2, 0) is 0 Å². The maximum absolute atomic E-state index is 12.2. The molecule has 2 aromatic heterocycles. The maximum Gasteiger partial charge on any atom is 0.274 e. The van der Waals surface area contributed by atoms with Crippen LogP contribution in [-0.4, -0.2) is 51.4 Å². The van der Waals surface area contributed by atoms with Gasteiger partial charge in [0.2, 0.25) is 5.78 Å². The van der Waals surface area contributed by atoms with Gasteiger partial charge in [0.25, 0.3) is 5.91 Å². The van der Waals surface area contributed by atoms with Gasteiger partial charge in [-0.15, -0.1) is 0 Å². The molecule has 6 heteroatoms. The molecule has 88 valence electrons. The minimum absolute atomic E-state index is 0.0167. The molecule has 0 unspecified atom stereocenters. The van der Waals surface area contributed by atoms with Crippen LogP contribution in [0.25, 0.3) is 5.78 Å². The van der Waals surface area contributed by atoms with E-state index in [1.165, 1.54) is 0 Å². The molecule has 6 nitrogen and oxygen atoms in total. The lowest BCUT2D eigenvalue weighted by molar-refractivity contribution is 0.0730. The highest BCUT2D eigenvalue weighted by Crippen LogP contribution is 2.06. The lowest BCUT2D eigenvalue weighted by Gasteiger charge is -2.26. The Hall–Kier alpha value is -1.95. The fourth-order valence-corrected chi connectivity index (χ4v) is 1.96. The summed E-state index contributed by atoms with van der Waals surface area (Å²) in [5.74, 6) is 0.544.